The van der Waals surface area contributed by atoms with E-state index in [4.69, 9.17) is 67.3 Å². The number of hydrogen-bond acceptors (Lipinski definition) is 32. The number of imide groups is 3. The number of nitrogens with two attached hydrogens (primary N) is 1. The van der Waals surface area contributed by atoms with Gasteiger partial charge in [-0.3, -0.25) is 4.79 Å². The highest BCUT2D eigenvalue weighted by molar-refractivity contribution is 6.03. The van der Waals surface area contributed by atoms with Crippen LogP contribution in [0.5, 0.6) is 0 Å². The predicted molar refractivity (Wildman–Crippen MR) is 480 cm³/mol. The minimum Gasteiger partial charge on any atom is -0.465 e. The Kier molecular flexibility index (Phi) is 56.5. The Bertz CT molecular complexity index is 3320. The number of hydrogen-bond donors (Lipinski definition) is 2. The maximum absolute atomic E-state index is 12.7. The molecule has 36 nitrogen and oxygen atoms in total. The number of rotatable bonds is 19. The molecule has 39 heteroatoms. The Morgan fingerprint density at radius 3 is 0.750 bits per heavy atom. The second kappa shape index (κ2) is 53.0. The molecule has 0 aromatic heterocycles. The smallest absolute Gasteiger partial charge is 0.465 e. The van der Waals surface area contributed by atoms with Crippen LogP contribution >= 0.6 is 12.4 Å². The fourth-order valence-corrected chi connectivity index (χ4v) is 10.5. The molecule has 0 heterocycles. The number of ether oxygens (including phenoxy) is 15. The maximum atomic E-state index is 12.7. The van der Waals surface area contributed by atoms with Gasteiger partial charge in [0.15, 0.2) is 16.6 Å². The van der Waals surface area contributed by atoms with Crippen molar-refractivity contribution in [2.45, 2.75) is 390 Å². The zero-order valence-corrected chi connectivity index (χ0v) is 77.3. The average Bonchev–Trinajstić information content (AvgIpc) is 1.56. The molecule has 5 fully saturated rings. The summed E-state index contributed by atoms with van der Waals surface area (Å²) < 4.78 is 99.2. The van der Waals surface area contributed by atoms with E-state index < -0.39 is 193 Å². The van der Waals surface area contributed by atoms with Gasteiger partial charge in [-0.15, -0.1) is 25.6 Å². The molecule has 5 rings (SSSR count). The van der Waals surface area contributed by atoms with Gasteiger partial charge in [-0.2, -0.15) is 14.7 Å². The number of carbonyl (C=O) groups is 16. The summed E-state index contributed by atoms with van der Waals surface area (Å²) in [6.45, 7) is 61.0. The first-order chi connectivity index (χ1) is 54.1. The van der Waals surface area contributed by atoms with Crippen LogP contribution in [0.4, 0.5) is 51.9 Å². The highest BCUT2D eigenvalue weighted by Crippen LogP contribution is 2.53. The van der Waals surface area contributed by atoms with Crippen LogP contribution in [0.15, 0.2) is 25.3 Å². The Labute approximate surface area is 766 Å². The standard InChI is InChI=1S/C18H29NO6.2C17H27NO7.C13H21NO4.C10H18O5.C7H11F2NO2.7CH4.ClH/c1-9-12-11-18(12,13(20)23-10-2)19(14(21)24-16(3,4)5)15(22)25-17(6,7)8;2*1-8-23-12(20)17(9-11(17)10-19)18(13(21)24-15(2,3)4)14(22)25-16(5,6)7;1-6-9-8-13(9,10(15)17-7-2)14-11(16)18-12(3,4)5;1-9(2,3)14-7(11)13-8(12)15-10(4,5)6;1-2-12-6(11)7(10)3-4(7)5(8)9;;;;;;;;/h9,12H,1,10-11H2,2-8H3;2*10-11H,8-9H2,1-7H3;6,9H,1,7-8H2,2-5H3,(H,14,16);1-6H3;4-5H,2-3,10H2,1H3;7*1H4;1H/t12-,18-;2*11-,17+;9-,13-;;4-,7+;;;;;;;;/m1001.0......../s1. The van der Waals surface area contributed by atoms with Gasteiger partial charge >= 0.3 is 84.8 Å². The number of alkyl carbamates (subject to hydrolysis) is 1. The molecule has 0 spiro atoms. The number of nitrogens with one attached hydrogen (secondary N) is 1. The lowest BCUT2D eigenvalue weighted by Gasteiger charge is -2.33. The summed E-state index contributed by atoms with van der Waals surface area (Å²) in [7, 11) is 0. The second-order valence-corrected chi connectivity index (χ2v) is 37.1. The van der Waals surface area contributed by atoms with Gasteiger partial charge in [0.05, 0.1) is 50.8 Å². The lowest BCUT2D eigenvalue weighted by atomic mass is 10.1. The lowest BCUT2D eigenvalue weighted by molar-refractivity contribution is -0.152. The summed E-state index contributed by atoms with van der Waals surface area (Å²) in [5.74, 6) is -6.70. The van der Waals surface area contributed by atoms with Gasteiger partial charge in [0.25, 0.3) is 0 Å². The van der Waals surface area contributed by atoms with Crippen molar-refractivity contribution < 1.29 is 157 Å². The molecule has 0 aromatic carbocycles. The first kappa shape index (κ1) is 136. The van der Waals surface area contributed by atoms with E-state index in [0.29, 0.717) is 28.8 Å². The molecule has 3 N–H and O–H groups in total. The third-order valence-electron chi connectivity index (χ3n) is 15.7. The van der Waals surface area contributed by atoms with E-state index in [9.17, 15) is 85.5 Å². The van der Waals surface area contributed by atoms with Crippen LogP contribution in [0, 0.1) is 29.6 Å². The van der Waals surface area contributed by atoms with Gasteiger partial charge in [-0.25, -0.2) is 71.1 Å². The van der Waals surface area contributed by atoms with E-state index in [1.54, 1.807) is 228 Å². The van der Waals surface area contributed by atoms with E-state index in [0.717, 1.165) is 4.90 Å². The largest absolute Gasteiger partial charge is 0.519 e. The summed E-state index contributed by atoms with van der Waals surface area (Å²) in [6, 6.07) is 0. The van der Waals surface area contributed by atoms with Crippen molar-refractivity contribution >= 4 is 110 Å². The van der Waals surface area contributed by atoms with Gasteiger partial charge in [0.2, 0.25) is 6.43 Å². The van der Waals surface area contributed by atoms with Crippen molar-refractivity contribution in [1.82, 2.24) is 20.0 Å². The van der Waals surface area contributed by atoms with Crippen LogP contribution in [0.25, 0.3) is 0 Å². The topological polar surface area (TPSA) is 459 Å². The SMILES string of the molecule is C.C.C.C.C.C.C.C=C[C@@H]1C[C@@]1(C(=O)OCC)N(C(=O)OC(C)(C)C)C(=O)OC(C)(C)C.C=C[C@@H]1C[C@]1(NC(=O)OC(C)(C)C)C(=O)OCC.CC(C)(C)OC(=O)OC(=O)OC(C)(C)C.CCOC(=O)[C@@]1(N(C(=O)OC(C)(C)C)C(=O)OC(C)(C)C)C[C@H]1C=O.CCOC(=O)[C@@]1(N(C(=O)OC(C)(C)C)C(=O)OC(C)(C)C)C[C@H]1C=O.CCOC(=O)[C@@]1(N)C[C@H]1C(F)F.Cl. The summed E-state index contributed by atoms with van der Waals surface area (Å²) in [4.78, 5) is 194. The molecular weight excluding hydrogens is 1710 g/mol. The summed E-state index contributed by atoms with van der Waals surface area (Å²) >= 11 is 0. The van der Waals surface area contributed by atoms with E-state index in [1.165, 1.54) is 6.08 Å². The fraction of sp³-hybridized carbons (Fsp3) is 0.775. The highest BCUT2D eigenvalue weighted by atomic mass is 35.5. The highest BCUT2D eigenvalue weighted by Gasteiger charge is 2.73. The third-order valence-corrected chi connectivity index (χ3v) is 15.7. The number of alkyl halides is 2. The number of nitrogens with zero attached hydrogens (tertiary/aromatic N) is 3. The molecule has 0 unspecified atom stereocenters. The van der Waals surface area contributed by atoms with Crippen LogP contribution in [-0.2, 0) is 105 Å². The second-order valence-electron chi connectivity index (χ2n) is 37.1. The zero-order chi connectivity index (χ0) is 94.5. The lowest BCUT2D eigenvalue weighted by Crippen LogP contribution is -2.55. The average molecular weight is 1870 g/mol. The number of aldehydes is 2. The first-order valence-electron chi connectivity index (χ1n) is 39.1. The van der Waals surface area contributed by atoms with Crippen LogP contribution in [0.2, 0.25) is 0 Å². The zero-order valence-electron chi connectivity index (χ0n) is 76.5. The van der Waals surface area contributed by atoms with E-state index in [2.05, 4.69) is 27.9 Å². The number of amides is 7. The molecule has 7 amide bonds. The molecule has 750 valence electrons. The molecule has 5 aliphatic carbocycles. The van der Waals surface area contributed by atoms with Crippen molar-refractivity contribution in [2.75, 3.05) is 33.0 Å². The quantitative estimate of drug-likeness (QED) is 0.0399. The molecule has 10 atom stereocenters. The molecule has 128 heavy (non-hydrogen) atoms. The Morgan fingerprint density at radius 2 is 0.570 bits per heavy atom. The van der Waals surface area contributed by atoms with Crippen LogP contribution in [0.3, 0.4) is 0 Å². The van der Waals surface area contributed by atoms with Gasteiger partial charge in [-0.05, 0) is 254 Å². The molecular formula is C89H162ClF2N5O31. The summed E-state index contributed by atoms with van der Waals surface area (Å²) in [5, 5.41) is 2.60. The summed E-state index contributed by atoms with van der Waals surface area (Å²) in [5.41, 5.74) is -9.23. The van der Waals surface area contributed by atoms with Crippen LogP contribution in [0.1, 0.15) is 306 Å². The molecule has 0 aliphatic heterocycles. The van der Waals surface area contributed by atoms with Crippen molar-refractivity contribution in [3.63, 3.8) is 0 Å². The predicted octanol–water partition coefficient (Wildman–Crippen LogP) is 19.3. The number of halogens is 3. The minimum atomic E-state index is -2.53. The van der Waals surface area contributed by atoms with Gasteiger partial charge in [0.1, 0.15) is 74.1 Å². The van der Waals surface area contributed by atoms with Crippen molar-refractivity contribution in [1.29, 1.82) is 0 Å². The van der Waals surface area contributed by atoms with Crippen LogP contribution < -0.4 is 11.1 Å². The number of esters is 5. The van der Waals surface area contributed by atoms with E-state index >= 15 is 0 Å². The molecule has 0 bridgehead atoms. The first-order valence-corrected chi connectivity index (χ1v) is 39.1. The maximum Gasteiger partial charge on any atom is 0.519 e. The monoisotopic (exact) mass is 1870 g/mol. The molecule has 0 saturated heterocycles. The Hall–Kier alpha value is -9.49. The fourth-order valence-electron chi connectivity index (χ4n) is 10.5. The van der Waals surface area contributed by atoms with E-state index in [1.807, 2.05) is 0 Å². The number of carbonyl (C=O) groups excluding carboxylic acids is 16. The van der Waals surface area contributed by atoms with Gasteiger partial charge in [0, 0.05) is 11.8 Å². The third kappa shape index (κ3) is 43.7. The molecule has 0 radical (unpaired) electrons. The molecule has 0 aromatic rings. The van der Waals surface area contributed by atoms with Gasteiger partial charge < -0.3 is 91.7 Å². The Morgan fingerprint density at radius 1 is 0.352 bits per heavy atom. The van der Waals surface area contributed by atoms with Crippen LogP contribution in [-0.4, -0.2) is 230 Å². The van der Waals surface area contributed by atoms with E-state index in [-0.39, 0.29) is 129 Å². The Balaban J connectivity index is -0.000000190. The summed E-state index contributed by atoms with van der Waals surface area (Å²) in [6.07, 6.45) is -6.42. The van der Waals surface area contributed by atoms with Gasteiger partial charge in [-0.1, -0.05) is 64.1 Å². The van der Waals surface area contributed by atoms with Crippen molar-refractivity contribution in [2.24, 2.45) is 35.3 Å². The van der Waals surface area contributed by atoms with Crippen molar-refractivity contribution in [3.8, 4) is 0 Å². The van der Waals surface area contributed by atoms with Crippen molar-refractivity contribution in [3.05, 3.63) is 25.3 Å². The molecule has 5 saturated carbocycles. The minimum absolute atomic E-state index is 0. The normalized spacial score (nSPS) is 21.5. The molecule has 5 aliphatic rings.